The highest BCUT2D eigenvalue weighted by atomic mass is 35.5. The molecule has 0 unspecified atom stereocenters. The van der Waals surface area contributed by atoms with E-state index in [2.05, 4.69) is 10.4 Å². The first-order valence-corrected chi connectivity index (χ1v) is 7.40. The molecule has 116 valence electrons. The Labute approximate surface area is 142 Å². The Morgan fingerprint density at radius 1 is 1.09 bits per heavy atom. The van der Waals surface area contributed by atoms with Crippen molar-refractivity contribution in [3.63, 3.8) is 0 Å². The third kappa shape index (κ3) is 3.47. The summed E-state index contributed by atoms with van der Waals surface area (Å²) in [5.74, 6) is -0.527. The van der Waals surface area contributed by atoms with Gasteiger partial charge in [0.2, 0.25) is 0 Å². The normalized spacial score (nSPS) is 10.5. The number of aromatic nitrogens is 2. The fourth-order valence-corrected chi connectivity index (χ4v) is 2.36. The highest BCUT2D eigenvalue weighted by Gasteiger charge is 2.13. The largest absolute Gasteiger partial charge is 0.506 e. The summed E-state index contributed by atoms with van der Waals surface area (Å²) < 4.78 is 1.54. The molecule has 5 nitrogen and oxygen atoms in total. The minimum atomic E-state index is -0.455. The fourth-order valence-electron chi connectivity index (χ4n) is 2.00. The number of nitrogens with one attached hydrogen (secondary N) is 1. The minimum Gasteiger partial charge on any atom is -0.506 e. The average molecular weight is 348 g/mol. The summed E-state index contributed by atoms with van der Waals surface area (Å²) in [5.41, 5.74) is 1.16. The van der Waals surface area contributed by atoms with E-state index in [0.717, 1.165) is 5.69 Å². The molecule has 0 aliphatic heterocycles. The average Bonchev–Trinajstić information content (AvgIpc) is 3.01. The predicted molar refractivity (Wildman–Crippen MR) is 89.6 cm³/mol. The van der Waals surface area contributed by atoms with Crippen molar-refractivity contribution in [3.8, 4) is 11.4 Å². The summed E-state index contributed by atoms with van der Waals surface area (Å²) in [7, 11) is 0. The monoisotopic (exact) mass is 347 g/mol. The Morgan fingerprint density at radius 3 is 2.65 bits per heavy atom. The first-order chi connectivity index (χ1) is 11.0. The lowest BCUT2D eigenvalue weighted by Crippen LogP contribution is -2.13. The Hall–Kier alpha value is -2.50. The van der Waals surface area contributed by atoms with Gasteiger partial charge in [0.15, 0.2) is 5.69 Å². The van der Waals surface area contributed by atoms with Gasteiger partial charge in [0, 0.05) is 16.2 Å². The topological polar surface area (TPSA) is 67.2 Å². The van der Waals surface area contributed by atoms with Gasteiger partial charge in [0.05, 0.1) is 11.4 Å². The predicted octanol–water partition coefficient (Wildman–Crippen LogP) is 4.14. The van der Waals surface area contributed by atoms with Crippen LogP contribution in [0.2, 0.25) is 10.0 Å². The number of hydrogen-bond acceptors (Lipinski definition) is 3. The van der Waals surface area contributed by atoms with E-state index in [9.17, 15) is 9.90 Å². The first kappa shape index (κ1) is 15.4. The number of aromatic hydroxyl groups is 1. The lowest BCUT2D eigenvalue weighted by Gasteiger charge is -2.06. The zero-order valence-corrected chi connectivity index (χ0v) is 13.2. The second-order valence-electron chi connectivity index (χ2n) is 4.74. The molecule has 7 heteroatoms. The van der Waals surface area contributed by atoms with Crippen LogP contribution in [0.3, 0.4) is 0 Å². The van der Waals surface area contributed by atoms with Crippen LogP contribution in [0, 0.1) is 0 Å². The second kappa shape index (κ2) is 6.32. The summed E-state index contributed by atoms with van der Waals surface area (Å²) in [5, 5.41) is 17.5. The van der Waals surface area contributed by atoms with Gasteiger partial charge >= 0.3 is 0 Å². The number of anilines is 1. The van der Waals surface area contributed by atoms with Crippen LogP contribution < -0.4 is 5.32 Å². The number of amides is 1. The van der Waals surface area contributed by atoms with E-state index >= 15 is 0 Å². The Bertz CT molecular complexity index is 877. The van der Waals surface area contributed by atoms with E-state index in [-0.39, 0.29) is 17.1 Å². The van der Waals surface area contributed by atoms with Crippen molar-refractivity contribution in [2.75, 3.05) is 5.32 Å². The van der Waals surface area contributed by atoms with Gasteiger partial charge in [-0.15, -0.1) is 0 Å². The zero-order chi connectivity index (χ0) is 16.4. The van der Waals surface area contributed by atoms with Gasteiger partial charge in [-0.1, -0.05) is 29.3 Å². The van der Waals surface area contributed by atoms with E-state index in [1.807, 2.05) is 6.07 Å². The first-order valence-electron chi connectivity index (χ1n) is 6.64. The summed E-state index contributed by atoms with van der Waals surface area (Å²) in [6.45, 7) is 0. The number of halogens is 2. The van der Waals surface area contributed by atoms with Crippen LogP contribution in [0.5, 0.6) is 5.75 Å². The molecule has 0 radical (unpaired) electrons. The van der Waals surface area contributed by atoms with Gasteiger partial charge in [-0.05, 0) is 42.5 Å². The number of nitrogens with zero attached hydrogens (tertiary/aromatic N) is 2. The summed E-state index contributed by atoms with van der Waals surface area (Å²) in [6.07, 6.45) is 1.65. The second-order valence-corrected chi connectivity index (χ2v) is 5.61. The molecule has 0 atom stereocenters. The molecule has 3 rings (SSSR count). The number of carbonyl (C=O) groups is 1. The molecule has 0 aliphatic carbocycles. The number of hydrogen-bond donors (Lipinski definition) is 2. The lowest BCUT2D eigenvalue weighted by molar-refractivity contribution is 0.102. The molecule has 23 heavy (non-hydrogen) atoms. The standard InChI is InChI=1S/C16H11Cl2N3O2/c17-10-2-1-3-12(8-10)21-7-6-13(20-21)16(23)19-14-9-11(18)4-5-15(14)22/h1-9,22H,(H,19,23). The molecule has 0 saturated carbocycles. The van der Waals surface area contributed by atoms with Crippen LogP contribution >= 0.6 is 23.2 Å². The molecule has 2 aromatic carbocycles. The van der Waals surface area contributed by atoms with Gasteiger partial charge in [-0.2, -0.15) is 5.10 Å². The molecular formula is C16H11Cl2N3O2. The van der Waals surface area contributed by atoms with E-state index in [1.54, 1.807) is 35.1 Å². The van der Waals surface area contributed by atoms with Gasteiger partial charge in [0.25, 0.3) is 5.91 Å². The molecule has 1 heterocycles. The van der Waals surface area contributed by atoms with Crippen LogP contribution in [0.15, 0.2) is 54.7 Å². The molecule has 0 fully saturated rings. The number of rotatable bonds is 3. The number of phenols is 1. The highest BCUT2D eigenvalue weighted by molar-refractivity contribution is 6.31. The Kier molecular flexibility index (Phi) is 4.23. The minimum absolute atomic E-state index is 0.0722. The molecule has 1 amide bonds. The molecule has 3 aromatic rings. The maximum atomic E-state index is 12.2. The maximum Gasteiger partial charge on any atom is 0.276 e. The third-order valence-corrected chi connectivity index (χ3v) is 3.57. The summed E-state index contributed by atoms with van der Waals surface area (Å²) in [4.78, 5) is 12.2. The van der Waals surface area contributed by atoms with Gasteiger partial charge in [-0.3, -0.25) is 4.79 Å². The SMILES string of the molecule is O=C(Nc1cc(Cl)ccc1O)c1ccn(-c2cccc(Cl)c2)n1. The molecule has 0 saturated heterocycles. The van der Waals surface area contributed by atoms with Crippen molar-refractivity contribution in [1.29, 1.82) is 0 Å². The van der Waals surface area contributed by atoms with E-state index in [4.69, 9.17) is 23.2 Å². The summed E-state index contributed by atoms with van der Waals surface area (Å²) in [6, 6.07) is 13.1. The Balaban J connectivity index is 1.82. The molecule has 2 N–H and O–H groups in total. The molecule has 1 aromatic heterocycles. The summed E-state index contributed by atoms with van der Waals surface area (Å²) >= 11 is 11.8. The number of carbonyl (C=O) groups excluding carboxylic acids is 1. The number of phenolic OH excluding ortho intramolecular Hbond substituents is 1. The molecular weight excluding hydrogens is 337 g/mol. The van der Waals surface area contributed by atoms with Crippen LogP contribution in [-0.2, 0) is 0 Å². The van der Waals surface area contributed by atoms with Crippen molar-refractivity contribution in [3.05, 3.63) is 70.5 Å². The quantitative estimate of drug-likeness (QED) is 0.699. The van der Waals surface area contributed by atoms with E-state index in [1.165, 1.54) is 18.2 Å². The fraction of sp³-hybridized carbons (Fsp3) is 0. The van der Waals surface area contributed by atoms with Crippen molar-refractivity contribution >= 4 is 34.8 Å². The molecule has 0 aliphatic rings. The van der Waals surface area contributed by atoms with Crippen molar-refractivity contribution in [1.82, 2.24) is 9.78 Å². The molecule has 0 bridgehead atoms. The zero-order valence-electron chi connectivity index (χ0n) is 11.7. The highest BCUT2D eigenvalue weighted by Crippen LogP contribution is 2.26. The van der Waals surface area contributed by atoms with E-state index < -0.39 is 5.91 Å². The lowest BCUT2D eigenvalue weighted by atomic mass is 10.3. The van der Waals surface area contributed by atoms with Gasteiger partial charge < -0.3 is 10.4 Å². The van der Waals surface area contributed by atoms with E-state index in [0.29, 0.717) is 10.0 Å². The third-order valence-electron chi connectivity index (χ3n) is 3.10. The van der Waals surface area contributed by atoms with Crippen LogP contribution in [0.4, 0.5) is 5.69 Å². The smallest absolute Gasteiger partial charge is 0.276 e. The van der Waals surface area contributed by atoms with Crippen molar-refractivity contribution in [2.24, 2.45) is 0 Å². The van der Waals surface area contributed by atoms with Gasteiger partial charge in [0.1, 0.15) is 5.75 Å². The van der Waals surface area contributed by atoms with Crippen molar-refractivity contribution in [2.45, 2.75) is 0 Å². The maximum absolute atomic E-state index is 12.2. The van der Waals surface area contributed by atoms with Crippen LogP contribution in [0.25, 0.3) is 5.69 Å². The van der Waals surface area contributed by atoms with Gasteiger partial charge in [-0.25, -0.2) is 4.68 Å². The van der Waals surface area contributed by atoms with Crippen LogP contribution in [0.1, 0.15) is 10.5 Å². The molecule has 0 spiro atoms. The van der Waals surface area contributed by atoms with Crippen molar-refractivity contribution < 1.29 is 9.90 Å². The van der Waals surface area contributed by atoms with Crippen LogP contribution in [-0.4, -0.2) is 20.8 Å². The Morgan fingerprint density at radius 2 is 1.87 bits per heavy atom. The number of benzene rings is 2.